The van der Waals surface area contributed by atoms with Crippen LogP contribution in [0.5, 0.6) is 5.75 Å². The highest BCUT2D eigenvalue weighted by atomic mass is 32.1. The molecule has 66 valence electrons. The summed E-state index contributed by atoms with van der Waals surface area (Å²) < 4.78 is 4.88. The number of para-hydroxylation sites is 1. The zero-order chi connectivity index (χ0) is 9.42. The molecule has 0 bridgehead atoms. The molecule has 1 aromatic carbocycles. The van der Waals surface area contributed by atoms with Crippen LogP contribution in [0.4, 0.5) is 0 Å². The molecule has 1 aromatic heterocycles. The van der Waals surface area contributed by atoms with Crippen molar-refractivity contribution in [3.63, 3.8) is 0 Å². The van der Waals surface area contributed by atoms with E-state index in [1.165, 1.54) is 0 Å². The zero-order valence-electron chi connectivity index (χ0n) is 6.52. The van der Waals surface area contributed by atoms with E-state index in [9.17, 15) is 9.90 Å². The first-order valence-electron chi connectivity index (χ1n) is 3.64. The van der Waals surface area contributed by atoms with Crippen molar-refractivity contribution in [3.05, 3.63) is 34.7 Å². The molecule has 0 radical (unpaired) electrons. The smallest absolute Gasteiger partial charge is 0.353 e. The van der Waals surface area contributed by atoms with Crippen molar-refractivity contribution in [3.8, 4) is 5.75 Å². The Morgan fingerprint density at radius 3 is 2.77 bits per heavy atom. The number of aromatic hydroxyl groups is 1. The Hall–Kier alpha value is -1.42. The second kappa shape index (κ2) is 2.81. The van der Waals surface area contributed by atoms with E-state index in [2.05, 4.69) is 12.6 Å². The summed E-state index contributed by atoms with van der Waals surface area (Å²) in [7, 11) is 0. The van der Waals surface area contributed by atoms with Gasteiger partial charge in [-0.1, -0.05) is 12.1 Å². The predicted octanol–water partition coefficient (Wildman–Crippen LogP) is 1.79. The second-order valence-corrected chi connectivity index (χ2v) is 3.03. The van der Waals surface area contributed by atoms with Gasteiger partial charge in [0.05, 0.1) is 5.39 Å². The Morgan fingerprint density at radius 1 is 1.31 bits per heavy atom. The topological polar surface area (TPSA) is 50.4 Å². The molecule has 0 aliphatic rings. The van der Waals surface area contributed by atoms with Gasteiger partial charge in [0.15, 0.2) is 0 Å². The van der Waals surface area contributed by atoms with Crippen molar-refractivity contribution < 1.29 is 9.52 Å². The van der Waals surface area contributed by atoms with Gasteiger partial charge >= 0.3 is 5.63 Å². The van der Waals surface area contributed by atoms with E-state index in [-0.39, 0.29) is 10.6 Å². The summed E-state index contributed by atoms with van der Waals surface area (Å²) in [6.45, 7) is 0. The fourth-order valence-electron chi connectivity index (χ4n) is 1.12. The largest absolute Gasteiger partial charge is 0.506 e. The highest BCUT2D eigenvalue weighted by Crippen LogP contribution is 2.27. The highest BCUT2D eigenvalue weighted by Gasteiger charge is 2.08. The van der Waals surface area contributed by atoms with Gasteiger partial charge in [-0.3, -0.25) is 0 Å². The number of rotatable bonds is 0. The van der Waals surface area contributed by atoms with Crippen LogP contribution in [-0.2, 0) is 0 Å². The highest BCUT2D eigenvalue weighted by molar-refractivity contribution is 7.80. The lowest BCUT2D eigenvalue weighted by molar-refractivity contribution is 0.447. The summed E-state index contributed by atoms with van der Waals surface area (Å²) in [6, 6.07) is 6.75. The van der Waals surface area contributed by atoms with Crippen LogP contribution >= 0.6 is 12.6 Å². The lowest BCUT2D eigenvalue weighted by Gasteiger charge is -2.00. The molecule has 0 atom stereocenters. The van der Waals surface area contributed by atoms with Crippen molar-refractivity contribution in [2.75, 3.05) is 0 Å². The maximum Gasteiger partial charge on any atom is 0.353 e. The molecule has 4 heteroatoms. The molecule has 1 heterocycles. The molecule has 2 aromatic rings. The second-order valence-electron chi connectivity index (χ2n) is 2.58. The van der Waals surface area contributed by atoms with E-state index in [4.69, 9.17) is 4.42 Å². The summed E-state index contributed by atoms with van der Waals surface area (Å²) in [5, 5.41) is 10.00. The van der Waals surface area contributed by atoms with Crippen LogP contribution in [0.3, 0.4) is 0 Å². The average molecular weight is 194 g/mol. The summed E-state index contributed by atoms with van der Waals surface area (Å²) in [5.41, 5.74) is -0.262. The van der Waals surface area contributed by atoms with Crippen molar-refractivity contribution in [1.29, 1.82) is 0 Å². The van der Waals surface area contributed by atoms with E-state index in [0.29, 0.717) is 11.0 Å². The molecule has 2 rings (SSSR count). The predicted molar refractivity (Wildman–Crippen MR) is 51.4 cm³/mol. The van der Waals surface area contributed by atoms with Crippen LogP contribution in [0.2, 0.25) is 0 Å². The lowest BCUT2D eigenvalue weighted by Crippen LogP contribution is -1.99. The van der Waals surface area contributed by atoms with Crippen LogP contribution in [0.1, 0.15) is 0 Å². The summed E-state index contributed by atoms with van der Waals surface area (Å²) in [5.74, 6) is -0.129. The summed E-state index contributed by atoms with van der Waals surface area (Å²) in [4.78, 5) is 11.0. The van der Waals surface area contributed by atoms with E-state index in [1.807, 2.05) is 0 Å². The third kappa shape index (κ3) is 1.19. The number of benzene rings is 1. The summed E-state index contributed by atoms with van der Waals surface area (Å²) in [6.07, 6.45) is 0. The monoisotopic (exact) mass is 194 g/mol. The molecule has 0 amide bonds. The van der Waals surface area contributed by atoms with E-state index >= 15 is 0 Å². The molecule has 0 saturated carbocycles. The van der Waals surface area contributed by atoms with Gasteiger partial charge < -0.3 is 9.52 Å². The molecule has 0 aliphatic heterocycles. The fourth-order valence-corrected chi connectivity index (χ4v) is 1.29. The Kier molecular flexibility index (Phi) is 1.77. The number of thiol groups is 1. The van der Waals surface area contributed by atoms with Gasteiger partial charge in [-0.2, -0.15) is 0 Å². The molecule has 13 heavy (non-hydrogen) atoms. The van der Waals surface area contributed by atoms with E-state index in [0.717, 1.165) is 0 Å². The molecule has 1 N–H and O–H groups in total. The Balaban J connectivity index is 3.02. The third-order valence-electron chi connectivity index (χ3n) is 1.76. The molecule has 0 aliphatic carbocycles. The van der Waals surface area contributed by atoms with Gasteiger partial charge in [0.2, 0.25) is 0 Å². The minimum Gasteiger partial charge on any atom is -0.506 e. The maximum atomic E-state index is 11.1. The van der Waals surface area contributed by atoms with Gasteiger partial charge in [0.1, 0.15) is 16.2 Å². The molecule has 0 spiro atoms. The number of fused-ring (bicyclic) bond motifs is 1. The van der Waals surface area contributed by atoms with Crippen molar-refractivity contribution in [1.82, 2.24) is 0 Å². The van der Waals surface area contributed by atoms with E-state index < -0.39 is 5.63 Å². The van der Waals surface area contributed by atoms with Crippen LogP contribution in [0.25, 0.3) is 11.0 Å². The summed E-state index contributed by atoms with van der Waals surface area (Å²) >= 11 is 3.83. The first kappa shape index (κ1) is 8.19. The van der Waals surface area contributed by atoms with Crippen LogP contribution < -0.4 is 5.63 Å². The fraction of sp³-hybridized carbons (Fsp3) is 0. The van der Waals surface area contributed by atoms with Crippen molar-refractivity contribution in [2.45, 2.75) is 4.90 Å². The normalized spacial score (nSPS) is 10.5. The van der Waals surface area contributed by atoms with Gasteiger partial charge in [0.25, 0.3) is 0 Å². The maximum absolute atomic E-state index is 11.1. The standard InChI is InChI=1S/C9H6O3S/c10-7-5-3-1-2-4-6(5)12-9(11)8(7)13/h1-4,10,13H. The minimum absolute atomic E-state index is 0.0568. The van der Waals surface area contributed by atoms with E-state index in [1.54, 1.807) is 24.3 Å². The van der Waals surface area contributed by atoms with Crippen molar-refractivity contribution >= 4 is 23.6 Å². The molecular formula is C9H6O3S. The van der Waals surface area contributed by atoms with Crippen LogP contribution in [0, 0.1) is 0 Å². The first-order chi connectivity index (χ1) is 6.20. The molecular weight excluding hydrogens is 188 g/mol. The molecule has 0 unspecified atom stereocenters. The average Bonchev–Trinajstić information content (AvgIpc) is 2.15. The molecule has 0 saturated heterocycles. The SMILES string of the molecule is O=c1oc2ccccc2c(O)c1S. The van der Waals surface area contributed by atoms with Gasteiger partial charge in [-0.05, 0) is 12.1 Å². The van der Waals surface area contributed by atoms with Gasteiger partial charge in [-0.25, -0.2) is 4.79 Å². The molecule has 0 fully saturated rings. The van der Waals surface area contributed by atoms with Crippen LogP contribution in [0.15, 0.2) is 38.4 Å². The Labute approximate surface area is 79.0 Å². The van der Waals surface area contributed by atoms with Gasteiger partial charge in [-0.15, -0.1) is 12.6 Å². The first-order valence-corrected chi connectivity index (χ1v) is 4.08. The third-order valence-corrected chi connectivity index (χ3v) is 2.16. The van der Waals surface area contributed by atoms with Crippen molar-refractivity contribution in [2.24, 2.45) is 0 Å². The quantitative estimate of drug-likeness (QED) is 0.496. The van der Waals surface area contributed by atoms with Crippen LogP contribution in [-0.4, -0.2) is 5.11 Å². The van der Waals surface area contributed by atoms with Gasteiger partial charge in [0, 0.05) is 0 Å². The number of hydrogen-bond acceptors (Lipinski definition) is 4. The minimum atomic E-state index is -0.625. The number of hydrogen-bond donors (Lipinski definition) is 2. The molecule has 3 nitrogen and oxygen atoms in total. The zero-order valence-corrected chi connectivity index (χ0v) is 7.41. The lowest BCUT2D eigenvalue weighted by atomic mass is 10.2. The Morgan fingerprint density at radius 2 is 2.00 bits per heavy atom. The Bertz CT molecular complexity index is 516.